The number of hydrogen-bond donors (Lipinski definition) is 1. The summed E-state index contributed by atoms with van der Waals surface area (Å²) in [4.78, 5) is 27.6. The molecule has 1 heterocycles. The van der Waals surface area contributed by atoms with Crippen molar-refractivity contribution in [2.75, 3.05) is 16.8 Å². The van der Waals surface area contributed by atoms with E-state index in [1.54, 1.807) is 26.0 Å². The normalized spacial score (nSPS) is 21.5. The van der Waals surface area contributed by atoms with Crippen LogP contribution in [0.25, 0.3) is 0 Å². The van der Waals surface area contributed by atoms with E-state index in [0.29, 0.717) is 17.8 Å². The molecular formula is C23H22F6N2O2. The first-order valence-corrected chi connectivity index (χ1v) is 10.0. The Balaban J connectivity index is 1.97. The molecular weight excluding hydrogens is 450 g/mol. The molecule has 3 rings (SSSR count). The van der Waals surface area contributed by atoms with Gasteiger partial charge in [0.25, 0.3) is 0 Å². The van der Waals surface area contributed by atoms with Crippen LogP contribution in [-0.4, -0.2) is 18.4 Å². The molecule has 1 unspecified atom stereocenters. The van der Waals surface area contributed by atoms with Crippen molar-refractivity contribution in [3.63, 3.8) is 0 Å². The predicted molar refractivity (Wildman–Crippen MR) is 111 cm³/mol. The molecule has 1 saturated heterocycles. The number of alkyl halides is 6. The van der Waals surface area contributed by atoms with Gasteiger partial charge in [-0.1, -0.05) is 25.1 Å². The van der Waals surface area contributed by atoms with Crippen LogP contribution in [-0.2, 0) is 21.9 Å². The molecule has 4 nitrogen and oxygen atoms in total. The summed E-state index contributed by atoms with van der Waals surface area (Å²) in [5, 5.41) is 2.18. The summed E-state index contributed by atoms with van der Waals surface area (Å²) in [5.41, 5.74) is -2.88. The van der Waals surface area contributed by atoms with Gasteiger partial charge < -0.3 is 10.2 Å². The second-order valence-electron chi connectivity index (χ2n) is 8.55. The predicted octanol–water partition coefficient (Wildman–Crippen LogP) is 5.97. The molecule has 2 amide bonds. The number of aryl methyl sites for hydroxylation is 2. The number of anilines is 2. The van der Waals surface area contributed by atoms with Gasteiger partial charge >= 0.3 is 12.4 Å². The number of benzene rings is 2. The van der Waals surface area contributed by atoms with Gasteiger partial charge in [0, 0.05) is 17.9 Å². The van der Waals surface area contributed by atoms with E-state index in [2.05, 4.69) is 5.32 Å². The third-order valence-corrected chi connectivity index (χ3v) is 6.15. The smallest absolute Gasteiger partial charge is 0.326 e. The first-order chi connectivity index (χ1) is 15.1. The highest BCUT2D eigenvalue weighted by atomic mass is 19.4. The van der Waals surface area contributed by atoms with Crippen LogP contribution >= 0.6 is 0 Å². The maximum absolute atomic E-state index is 13.1. The Morgan fingerprint density at radius 2 is 1.48 bits per heavy atom. The summed E-state index contributed by atoms with van der Waals surface area (Å²) in [5.74, 6) is -2.06. The number of amides is 2. The molecule has 0 radical (unpaired) electrons. The lowest BCUT2D eigenvalue weighted by Crippen LogP contribution is -2.40. The van der Waals surface area contributed by atoms with Gasteiger partial charge in [-0.3, -0.25) is 9.59 Å². The van der Waals surface area contributed by atoms with Crippen LogP contribution in [0.5, 0.6) is 0 Å². The van der Waals surface area contributed by atoms with Crippen LogP contribution < -0.4 is 10.2 Å². The van der Waals surface area contributed by atoms with Gasteiger partial charge in [-0.15, -0.1) is 0 Å². The second kappa shape index (κ2) is 8.07. The highest BCUT2D eigenvalue weighted by molar-refractivity contribution is 6.07. The molecule has 0 bridgehead atoms. The first-order valence-electron chi connectivity index (χ1n) is 10.0. The Kier molecular flexibility index (Phi) is 6.02. The molecule has 1 fully saturated rings. The van der Waals surface area contributed by atoms with E-state index in [1.807, 2.05) is 6.07 Å². The molecule has 10 heteroatoms. The van der Waals surface area contributed by atoms with Crippen molar-refractivity contribution in [3.05, 3.63) is 58.7 Å². The Labute approximate surface area is 186 Å². The van der Waals surface area contributed by atoms with E-state index in [-0.39, 0.29) is 18.5 Å². The summed E-state index contributed by atoms with van der Waals surface area (Å²) in [6.45, 7) is 6.52. The molecule has 2 aromatic carbocycles. The Bertz CT molecular complexity index is 1060. The monoisotopic (exact) mass is 472 g/mol. The zero-order valence-corrected chi connectivity index (χ0v) is 18.3. The summed E-state index contributed by atoms with van der Waals surface area (Å²) >= 11 is 0. The minimum Gasteiger partial charge on any atom is -0.326 e. The first kappa shape index (κ1) is 24.6. The summed E-state index contributed by atoms with van der Waals surface area (Å²) in [7, 11) is 0. The van der Waals surface area contributed by atoms with Crippen molar-refractivity contribution in [2.45, 2.75) is 40.0 Å². The minimum absolute atomic E-state index is 0.0121. The van der Waals surface area contributed by atoms with Gasteiger partial charge in [-0.05, 0) is 50.1 Å². The zero-order chi connectivity index (χ0) is 24.9. The maximum atomic E-state index is 13.1. The van der Waals surface area contributed by atoms with Crippen LogP contribution in [0.2, 0.25) is 0 Å². The van der Waals surface area contributed by atoms with E-state index < -0.39 is 46.4 Å². The Hall–Kier alpha value is -3.04. The highest BCUT2D eigenvalue weighted by Gasteiger charge is 2.52. The summed E-state index contributed by atoms with van der Waals surface area (Å²) in [6.07, 6.45) is -10.1. The van der Waals surface area contributed by atoms with Gasteiger partial charge in [-0.25, -0.2) is 0 Å². The molecule has 0 aliphatic carbocycles. The lowest BCUT2D eigenvalue weighted by Gasteiger charge is -2.27. The van der Waals surface area contributed by atoms with E-state index in [0.717, 1.165) is 11.1 Å². The summed E-state index contributed by atoms with van der Waals surface area (Å²) in [6, 6.07) is 6.30. The topological polar surface area (TPSA) is 49.4 Å². The molecule has 2 aromatic rings. The number of carbonyl (C=O) groups excluding carboxylic acids is 2. The van der Waals surface area contributed by atoms with Crippen LogP contribution in [0.3, 0.4) is 0 Å². The lowest BCUT2D eigenvalue weighted by atomic mass is 9.80. The van der Waals surface area contributed by atoms with Crippen molar-refractivity contribution in [1.82, 2.24) is 0 Å². The van der Waals surface area contributed by atoms with Crippen LogP contribution in [0, 0.1) is 25.2 Å². The number of para-hydroxylation sites is 1. The molecule has 178 valence electrons. The van der Waals surface area contributed by atoms with E-state index in [1.165, 1.54) is 18.7 Å². The van der Waals surface area contributed by atoms with Crippen LogP contribution in [0.1, 0.15) is 36.1 Å². The van der Waals surface area contributed by atoms with Crippen molar-refractivity contribution in [3.8, 4) is 0 Å². The largest absolute Gasteiger partial charge is 0.416 e. The Morgan fingerprint density at radius 1 is 1.00 bits per heavy atom. The molecule has 0 spiro atoms. The number of carbonyl (C=O) groups is 2. The molecule has 0 aromatic heterocycles. The molecule has 0 saturated carbocycles. The van der Waals surface area contributed by atoms with Crippen molar-refractivity contribution < 1.29 is 35.9 Å². The number of halogens is 6. The molecule has 1 N–H and O–H groups in total. The maximum Gasteiger partial charge on any atom is 0.416 e. The third-order valence-electron chi connectivity index (χ3n) is 6.15. The number of rotatable bonds is 3. The summed E-state index contributed by atoms with van der Waals surface area (Å²) < 4.78 is 78.9. The van der Waals surface area contributed by atoms with Crippen molar-refractivity contribution in [2.24, 2.45) is 11.3 Å². The third kappa shape index (κ3) is 4.56. The second-order valence-corrected chi connectivity index (χ2v) is 8.55. The van der Waals surface area contributed by atoms with Crippen LogP contribution in [0.4, 0.5) is 37.7 Å². The molecule has 1 aliphatic rings. The van der Waals surface area contributed by atoms with Gasteiger partial charge in [-0.2, -0.15) is 26.3 Å². The number of nitrogens with zero attached hydrogens (tertiary/aromatic N) is 1. The standard InChI is InChI=1S/C23H22F6N2O2/c1-12-6-5-7-13(2)18(12)31-11-21(4,14(3)19(31)32)20(33)30-17-9-15(22(24,25)26)8-16(10-17)23(27,28)29/h5-10,14H,11H2,1-4H3,(H,30,33)/t14?,21-/m0/s1. The van der Waals surface area contributed by atoms with Gasteiger partial charge in [0.2, 0.25) is 11.8 Å². The average molecular weight is 472 g/mol. The average Bonchev–Trinajstić information content (AvgIpc) is 2.91. The van der Waals surface area contributed by atoms with Gasteiger partial charge in [0.1, 0.15) is 0 Å². The SMILES string of the molecule is Cc1cccc(C)c1N1C[C@](C)(C(=O)Nc2cc(C(F)(F)F)cc(C(F)(F)F)c2)C(C)C1=O. The molecule has 2 atom stereocenters. The quantitative estimate of drug-likeness (QED) is 0.560. The number of nitrogens with one attached hydrogen (secondary N) is 1. The Morgan fingerprint density at radius 3 is 1.94 bits per heavy atom. The fraction of sp³-hybridized carbons (Fsp3) is 0.391. The lowest BCUT2D eigenvalue weighted by molar-refractivity contribution is -0.143. The van der Waals surface area contributed by atoms with Crippen LogP contribution in [0.15, 0.2) is 36.4 Å². The van der Waals surface area contributed by atoms with E-state index >= 15 is 0 Å². The number of hydrogen-bond acceptors (Lipinski definition) is 2. The fourth-order valence-corrected chi connectivity index (χ4v) is 4.04. The van der Waals surface area contributed by atoms with E-state index in [4.69, 9.17) is 0 Å². The van der Waals surface area contributed by atoms with Gasteiger partial charge in [0.15, 0.2) is 0 Å². The van der Waals surface area contributed by atoms with E-state index in [9.17, 15) is 35.9 Å². The minimum atomic E-state index is -5.04. The van der Waals surface area contributed by atoms with Crippen molar-refractivity contribution in [1.29, 1.82) is 0 Å². The van der Waals surface area contributed by atoms with Crippen molar-refractivity contribution >= 4 is 23.2 Å². The fourth-order valence-electron chi connectivity index (χ4n) is 4.04. The molecule has 33 heavy (non-hydrogen) atoms. The highest BCUT2D eigenvalue weighted by Crippen LogP contribution is 2.43. The zero-order valence-electron chi connectivity index (χ0n) is 18.3. The van der Waals surface area contributed by atoms with Gasteiger partial charge in [0.05, 0.1) is 22.5 Å². The molecule has 1 aliphatic heterocycles.